The second kappa shape index (κ2) is 4.62. The Morgan fingerprint density at radius 3 is 2.35 bits per heavy atom. The molecule has 3 nitrogen and oxygen atoms in total. The van der Waals surface area contributed by atoms with Crippen LogP contribution in [0.25, 0.3) is 11.0 Å². The van der Waals surface area contributed by atoms with Gasteiger partial charge in [0, 0.05) is 5.56 Å². The first-order valence-electron chi connectivity index (χ1n) is 5.96. The lowest BCUT2D eigenvalue weighted by atomic mass is 10.1. The average Bonchev–Trinajstić information content (AvgIpc) is 2.35. The molecule has 0 N–H and O–H groups in total. The van der Waals surface area contributed by atoms with Crippen LogP contribution in [0.4, 0.5) is 0 Å². The van der Waals surface area contributed by atoms with E-state index in [4.69, 9.17) is 0 Å². The summed E-state index contributed by atoms with van der Waals surface area (Å²) < 4.78 is 0. The zero-order valence-electron chi connectivity index (χ0n) is 10.4. The van der Waals surface area contributed by atoms with Gasteiger partial charge in [-0.2, -0.15) is 0 Å². The Hall–Kier alpha value is -1.77. The highest BCUT2D eigenvalue weighted by Gasteiger charge is 2.11. The number of nitrogens with zero attached hydrogens (tertiary/aromatic N) is 2. The van der Waals surface area contributed by atoms with E-state index in [1.165, 1.54) is 0 Å². The molecule has 0 fully saturated rings. The number of rotatable bonds is 3. The van der Waals surface area contributed by atoms with E-state index in [1.807, 2.05) is 18.2 Å². The van der Waals surface area contributed by atoms with Crippen LogP contribution < -0.4 is 0 Å². The van der Waals surface area contributed by atoms with Crippen LogP contribution in [0.2, 0.25) is 0 Å². The van der Waals surface area contributed by atoms with Crippen LogP contribution in [0.3, 0.4) is 0 Å². The molecule has 0 atom stereocenters. The average molecular weight is 228 g/mol. The maximum Gasteiger partial charge on any atom is 0.162 e. The van der Waals surface area contributed by atoms with Crippen LogP contribution in [0.5, 0.6) is 0 Å². The normalized spacial score (nSPS) is 10.8. The molecule has 0 spiro atoms. The molecule has 0 aliphatic rings. The van der Waals surface area contributed by atoms with Gasteiger partial charge in [0.15, 0.2) is 5.78 Å². The summed E-state index contributed by atoms with van der Waals surface area (Å²) in [6.07, 6.45) is 1.72. The van der Waals surface area contributed by atoms with E-state index in [-0.39, 0.29) is 5.78 Å². The van der Waals surface area contributed by atoms with Gasteiger partial charge in [-0.15, -0.1) is 0 Å². The molecule has 0 bridgehead atoms. The predicted octanol–water partition coefficient (Wildman–Crippen LogP) is 2.96. The Morgan fingerprint density at radius 1 is 1.12 bits per heavy atom. The van der Waals surface area contributed by atoms with E-state index in [0.29, 0.717) is 5.56 Å². The number of hydrogen-bond donors (Lipinski definition) is 0. The second-order valence-corrected chi connectivity index (χ2v) is 4.05. The first-order valence-corrected chi connectivity index (χ1v) is 5.96. The molecular weight excluding hydrogens is 212 g/mol. The van der Waals surface area contributed by atoms with Crippen molar-refractivity contribution in [3.8, 4) is 0 Å². The third-order valence-electron chi connectivity index (χ3n) is 2.90. The zero-order chi connectivity index (χ0) is 12.4. The lowest BCUT2D eigenvalue weighted by molar-refractivity contribution is 0.101. The number of aromatic nitrogens is 2. The fourth-order valence-corrected chi connectivity index (χ4v) is 2.00. The largest absolute Gasteiger partial charge is 0.294 e. The molecule has 88 valence electrons. The second-order valence-electron chi connectivity index (χ2n) is 4.05. The third-order valence-corrected chi connectivity index (χ3v) is 2.90. The Kier molecular flexibility index (Phi) is 3.18. The molecule has 0 saturated heterocycles. The van der Waals surface area contributed by atoms with Crippen LogP contribution in [0.15, 0.2) is 18.2 Å². The lowest BCUT2D eigenvalue weighted by Crippen LogP contribution is -2.03. The van der Waals surface area contributed by atoms with E-state index in [2.05, 4.69) is 23.8 Å². The Bertz CT molecular complexity index is 576. The number of hydrogen-bond acceptors (Lipinski definition) is 3. The summed E-state index contributed by atoms with van der Waals surface area (Å²) >= 11 is 0. The Morgan fingerprint density at radius 2 is 1.76 bits per heavy atom. The molecular formula is C14H16N2O. The van der Waals surface area contributed by atoms with Crippen molar-refractivity contribution in [3.63, 3.8) is 0 Å². The van der Waals surface area contributed by atoms with Gasteiger partial charge in [-0.25, -0.2) is 9.97 Å². The van der Waals surface area contributed by atoms with Crippen LogP contribution in [-0.4, -0.2) is 15.8 Å². The number of Topliss-reactive ketones (excluding diaryl/α,β-unsaturated/α-hetero) is 1. The molecule has 0 aliphatic heterocycles. The minimum Gasteiger partial charge on any atom is -0.294 e. The summed E-state index contributed by atoms with van der Waals surface area (Å²) in [4.78, 5) is 20.7. The van der Waals surface area contributed by atoms with E-state index >= 15 is 0 Å². The number of fused-ring (bicyclic) bond motifs is 1. The molecule has 3 heteroatoms. The molecule has 0 radical (unpaired) electrons. The van der Waals surface area contributed by atoms with E-state index < -0.39 is 0 Å². The maximum atomic E-state index is 11.5. The van der Waals surface area contributed by atoms with E-state index in [9.17, 15) is 4.79 Å². The van der Waals surface area contributed by atoms with E-state index in [0.717, 1.165) is 35.3 Å². The van der Waals surface area contributed by atoms with Crippen molar-refractivity contribution >= 4 is 16.8 Å². The molecule has 0 amide bonds. The van der Waals surface area contributed by atoms with E-state index in [1.54, 1.807) is 6.92 Å². The highest BCUT2D eigenvalue weighted by atomic mass is 16.1. The Balaban J connectivity index is 2.78. The van der Waals surface area contributed by atoms with Crippen molar-refractivity contribution in [2.24, 2.45) is 0 Å². The summed E-state index contributed by atoms with van der Waals surface area (Å²) in [5.74, 6) is 0.0381. The van der Waals surface area contributed by atoms with Gasteiger partial charge in [0.1, 0.15) is 0 Å². The highest BCUT2D eigenvalue weighted by Crippen LogP contribution is 2.18. The molecule has 0 aliphatic carbocycles. The molecule has 1 aromatic heterocycles. The number of benzene rings is 1. The van der Waals surface area contributed by atoms with Crippen LogP contribution in [0, 0.1) is 0 Å². The quantitative estimate of drug-likeness (QED) is 0.758. The fourth-order valence-electron chi connectivity index (χ4n) is 2.00. The first kappa shape index (κ1) is 11.7. The number of carbonyl (C=O) groups is 1. The van der Waals surface area contributed by atoms with Crippen molar-refractivity contribution < 1.29 is 4.79 Å². The van der Waals surface area contributed by atoms with Gasteiger partial charge >= 0.3 is 0 Å². The molecule has 0 unspecified atom stereocenters. The van der Waals surface area contributed by atoms with Crippen molar-refractivity contribution in [1.82, 2.24) is 9.97 Å². The van der Waals surface area contributed by atoms with Crippen LogP contribution in [-0.2, 0) is 12.8 Å². The van der Waals surface area contributed by atoms with Crippen molar-refractivity contribution in [2.45, 2.75) is 33.6 Å². The van der Waals surface area contributed by atoms with Gasteiger partial charge in [0.25, 0.3) is 0 Å². The number of ketones is 1. The number of carbonyl (C=O) groups excluding carboxylic acids is 1. The molecule has 1 aromatic carbocycles. The topological polar surface area (TPSA) is 42.9 Å². The minimum absolute atomic E-state index is 0.0381. The van der Waals surface area contributed by atoms with Crippen molar-refractivity contribution in [1.29, 1.82) is 0 Å². The first-order chi connectivity index (χ1) is 8.17. The molecule has 2 aromatic rings. The van der Waals surface area contributed by atoms with Gasteiger partial charge in [-0.05, 0) is 31.9 Å². The van der Waals surface area contributed by atoms with Gasteiger partial charge in [-0.1, -0.05) is 19.9 Å². The summed E-state index contributed by atoms with van der Waals surface area (Å²) in [6.45, 7) is 5.70. The van der Waals surface area contributed by atoms with Gasteiger partial charge in [-0.3, -0.25) is 4.79 Å². The fraction of sp³-hybridized carbons (Fsp3) is 0.357. The summed E-state index contributed by atoms with van der Waals surface area (Å²) in [5.41, 5.74) is 4.22. The molecule has 17 heavy (non-hydrogen) atoms. The maximum absolute atomic E-state index is 11.5. The molecule has 0 saturated carbocycles. The third kappa shape index (κ3) is 2.05. The standard InChI is InChI=1S/C14H16N2O/c1-4-11-12(5-2)16-14-10(9(3)17)7-6-8-13(14)15-11/h6-8H,4-5H2,1-3H3. The highest BCUT2D eigenvalue weighted by molar-refractivity contribution is 6.04. The summed E-state index contributed by atoms with van der Waals surface area (Å²) in [7, 11) is 0. The molecule has 1 heterocycles. The van der Waals surface area contributed by atoms with Crippen LogP contribution >= 0.6 is 0 Å². The summed E-state index contributed by atoms with van der Waals surface area (Å²) in [5, 5.41) is 0. The lowest BCUT2D eigenvalue weighted by Gasteiger charge is -2.08. The predicted molar refractivity (Wildman–Crippen MR) is 68.3 cm³/mol. The van der Waals surface area contributed by atoms with Gasteiger partial charge in [0.2, 0.25) is 0 Å². The molecule has 2 rings (SSSR count). The monoisotopic (exact) mass is 228 g/mol. The zero-order valence-corrected chi connectivity index (χ0v) is 10.4. The minimum atomic E-state index is 0.0381. The van der Waals surface area contributed by atoms with Crippen molar-refractivity contribution in [3.05, 3.63) is 35.2 Å². The Labute approximate surface area is 101 Å². The van der Waals surface area contributed by atoms with Crippen molar-refractivity contribution in [2.75, 3.05) is 0 Å². The smallest absolute Gasteiger partial charge is 0.162 e. The number of para-hydroxylation sites is 1. The summed E-state index contributed by atoms with van der Waals surface area (Å²) in [6, 6.07) is 5.58. The SMILES string of the molecule is CCc1nc2cccc(C(C)=O)c2nc1CC. The van der Waals surface area contributed by atoms with Gasteiger partial charge < -0.3 is 0 Å². The van der Waals surface area contributed by atoms with Crippen LogP contribution in [0.1, 0.15) is 42.5 Å². The van der Waals surface area contributed by atoms with Gasteiger partial charge in [0.05, 0.1) is 22.4 Å². The number of aryl methyl sites for hydroxylation is 2.